The van der Waals surface area contributed by atoms with Crippen molar-refractivity contribution in [1.82, 2.24) is 5.32 Å². The van der Waals surface area contributed by atoms with Crippen molar-refractivity contribution in [3.05, 3.63) is 0 Å². The second-order valence-electron chi connectivity index (χ2n) is 6.54. The minimum atomic E-state index is -3.96. The monoisotopic (exact) mass is 273 g/mol. The van der Waals surface area contributed by atoms with Crippen LogP contribution in [0.15, 0.2) is 0 Å². The molecule has 4 aliphatic rings. The highest BCUT2D eigenvalue weighted by atomic mass is 32.2. The van der Waals surface area contributed by atoms with Gasteiger partial charge < -0.3 is 0 Å². The van der Waals surface area contributed by atoms with E-state index in [2.05, 4.69) is 5.32 Å². The molecule has 0 aromatic carbocycles. The highest BCUT2D eigenvalue weighted by molar-refractivity contribution is 7.86. The molecular weight excluding hydrogens is 250 g/mol. The molecule has 1 unspecified atom stereocenters. The van der Waals surface area contributed by atoms with E-state index in [-0.39, 0.29) is 0 Å². The average Bonchev–Trinajstić information content (AvgIpc) is 2.25. The molecule has 0 radical (unpaired) electrons. The lowest BCUT2D eigenvalue weighted by molar-refractivity contribution is -0.0151. The highest BCUT2D eigenvalue weighted by Gasteiger charge is 2.49. The Morgan fingerprint density at radius 3 is 2.00 bits per heavy atom. The van der Waals surface area contributed by atoms with Gasteiger partial charge in [-0.2, -0.15) is 8.42 Å². The zero-order valence-corrected chi connectivity index (χ0v) is 11.7. The zero-order valence-electron chi connectivity index (χ0n) is 10.9. The van der Waals surface area contributed by atoms with E-state index < -0.39 is 15.5 Å². The summed E-state index contributed by atoms with van der Waals surface area (Å²) >= 11 is 0. The molecule has 4 saturated carbocycles. The largest absolute Gasteiger partial charge is 0.296 e. The summed E-state index contributed by atoms with van der Waals surface area (Å²) in [7, 11) is -3.96. The molecule has 0 aliphatic heterocycles. The van der Waals surface area contributed by atoms with Crippen molar-refractivity contribution in [3.8, 4) is 0 Å². The van der Waals surface area contributed by atoms with Gasteiger partial charge in [0.15, 0.2) is 0 Å². The van der Waals surface area contributed by atoms with Crippen LogP contribution in [0.4, 0.5) is 0 Å². The van der Waals surface area contributed by atoms with Crippen LogP contribution in [0.2, 0.25) is 0 Å². The molecule has 18 heavy (non-hydrogen) atoms. The van der Waals surface area contributed by atoms with Crippen LogP contribution in [0, 0.1) is 23.7 Å². The average molecular weight is 273 g/mol. The number of hydrogen-bond acceptors (Lipinski definition) is 3. The van der Waals surface area contributed by atoms with Gasteiger partial charge in [-0.3, -0.25) is 9.87 Å². The minimum absolute atomic E-state index is 0.310. The Hall–Kier alpha value is -0.130. The molecule has 1 atom stereocenters. The van der Waals surface area contributed by atoms with Gasteiger partial charge in [0.05, 0.1) is 0 Å². The molecule has 4 rings (SSSR count). The zero-order chi connectivity index (χ0) is 12.9. The normalized spacial score (nSPS) is 44.2. The number of rotatable bonds is 4. The second-order valence-corrected chi connectivity index (χ2v) is 8.13. The maximum atomic E-state index is 11.3. The molecule has 2 N–H and O–H groups in total. The fourth-order valence-electron chi connectivity index (χ4n) is 4.83. The van der Waals surface area contributed by atoms with Gasteiger partial charge in [0.2, 0.25) is 0 Å². The summed E-state index contributed by atoms with van der Waals surface area (Å²) in [5, 5.41) is 2.47. The summed E-state index contributed by atoms with van der Waals surface area (Å²) in [6.45, 7) is 1.81. The van der Waals surface area contributed by atoms with Gasteiger partial charge in [-0.15, -0.1) is 0 Å². The Balaban J connectivity index is 1.73. The van der Waals surface area contributed by atoms with Crippen molar-refractivity contribution in [2.45, 2.75) is 56.9 Å². The van der Waals surface area contributed by atoms with Crippen LogP contribution in [-0.4, -0.2) is 24.4 Å². The molecule has 0 spiro atoms. The number of nitrogens with one attached hydrogen (secondary N) is 1. The topological polar surface area (TPSA) is 66.4 Å². The van der Waals surface area contributed by atoms with E-state index in [1.165, 1.54) is 32.1 Å². The summed E-state index contributed by atoms with van der Waals surface area (Å²) in [4.78, 5) is 0. The fraction of sp³-hybridized carbons (Fsp3) is 1.00. The van der Waals surface area contributed by atoms with Crippen LogP contribution in [-0.2, 0) is 10.1 Å². The lowest BCUT2D eigenvalue weighted by Crippen LogP contribution is -2.57. The Kier molecular flexibility index (Phi) is 3.19. The summed E-state index contributed by atoms with van der Waals surface area (Å²) < 4.78 is 31.9. The molecule has 4 bridgehead atoms. The molecule has 104 valence electrons. The van der Waals surface area contributed by atoms with Crippen LogP contribution in [0.5, 0.6) is 0 Å². The standard InChI is InChI=1S/C13H23NO3S/c1-2-12(18(15,16)17)14-13-10-4-8-3-9(6-10)7-11(13)5-8/h8-14H,2-7H2,1H3,(H,15,16,17). The molecule has 4 fully saturated rings. The van der Waals surface area contributed by atoms with Gasteiger partial charge >= 0.3 is 0 Å². The van der Waals surface area contributed by atoms with Crippen LogP contribution in [0.3, 0.4) is 0 Å². The molecule has 4 nitrogen and oxygen atoms in total. The van der Waals surface area contributed by atoms with E-state index in [0.717, 1.165) is 11.8 Å². The predicted octanol–water partition coefficient (Wildman–Crippen LogP) is 2.02. The van der Waals surface area contributed by atoms with E-state index in [0.29, 0.717) is 24.3 Å². The van der Waals surface area contributed by atoms with Gasteiger partial charge in [0.1, 0.15) is 5.37 Å². The molecule has 5 heteroatoms. The third kappa shape index (κ3) is 2.21. The maximum absolute atomic E-state index is 11.3. The van der Waals surface area contributed by atoms with Crippen molar-refractivity contribution < 1.29 is 13.0 Å². The quantitative estimate of drug-likeness (QED) is 0.769. The molecular formula is C13H23NO3S. The fourth-order valence-corrected chi connectivity index (χ4v) is 5.58. The molecule has 4 aliphatic carbocycles. The predicted molar refractivity (Wildman–Crippen MR) is 69.6 cm³/mol. The lowest BCUT2D eigenvalue weighted by Gasteiger charge is -2.55. The first-order valence-corrected chi connectivity index (χ1v) is 8.70. The summed E-state index contributed by atoms with van der Waals surface area (Å²) in [5.41, 5.74) is 0. The molecule has 0 heterocycles. The van der Waals surface area contributed by atoms with E-state index in [1.807, 2.05) is 6.92 Å². The molecule has 0 saturated heterocycles. The van der Waals surface area contributed by atoms with Gasteiger partial charge in [0.25, 0.3) is 10.1 Å². The SMILES string of the molecule is CCC(NC1C2CC3CC(C2)CC1C3)S(=O)(=O)O. The van der Waals surface area contributed by atoms with Crippen LogP contribution in [0.25, 0.3) is 0 Å². The van der Waals surface area contributed by atoms with Crippen molar-refractivity contribution in [2.24, 2.45) is 23.7 Å². The Bertz CT molecular complexity index is 392. The van der Waals surface area contributed by atoms with Crippen molar-refractivity contribution in [3.63, 3.8) is 0 Å². The Morgan fingerprint density at radius 1 is 1.11 bits per heavy atom. The van der Waals surface area contributed by atoms with Crippen molar-refractivity contribution in [2.75, 3.05) is 0 Å². The highest BCUT2D eigenvalue weighted by Crippen LogP contribution is 2.53. The van der Waals surface area contributed by atoms with E-state index in [1.54, 1.807) is 0 Å². The first-order chi connectivity index (χ1) is 8.47. The van der Waals surface area contributed by atoms with Crippen LogP contribution < -0.4 is 5.32 Å². The van der Waals surface area contributed by atoms with Gasteiger partial charge in [-0.05, 0) is 62.2 Å². The first-order valence-electron chi connectivity index (χ1n) is 7.19. The minimum Gasteiger partial charge on any atom is -0.296 e. The smallest absolute Gasteiger partial charge is 0.281 e. The Morgan fingerprint density at radius 2 is 1.61 bits per heavy atom. The Labute approximate surface area is 109 Å². The van der Waals surface area contributed by atoms with Gasteiger partial charge in [-0.1, -0.05) is 6.92 Å². The summed E-state index contributed by atoms with van der Waals surface area (Å²) in [6, 6.07) is 0.310. The summed E-state index contributed by atoms with van der Waals surface area (Å²) in [5.74, 6) is 3.04. The van der Waals surface area contributed by atoms with Crippen molar-refractivity contribution >= 4 is 10.1 Å². The van der Waals surface area contributed by atoms with Crippen LogP contribution >= 0.6 is 0 Å². The van der Waals surface area contributed by atoms with E-state index in [4.69, 9.17) is 0 Å². The van der Waals surface area contributed by atoms with Crippen molar-refractivity contribution in [1.29, 1.82) is 0 Å². The first kappa shape index (κ1) is 12.9. The van der Waals surface area contributed by atoms with Gasteiger partial charge in [-0.25, -0.2) is 0 Å². The molecule has 0 aromatic heterocycles. The maximum Gasteiger partial charge on any atom is 0.281 e. The van der Waals surface area contributed by atoms with E-state index >= 15 is 0 Å². The lowest BCUT2D eigenvalue weighted by atomic mass is 9.54. The third-order valence-corrected chi connectivity index (χ3v) is 6.52. The third-order valence-electron chi connectivity index (χ3n) is 5.34. The second kappa shape index (κ2) is 4.46. The molecule has 0 aromatic rings. The van der Waals surface area contributed by atoms with Crippen LogP contribution in [0.1, 0.15) is 45.4 Å². The van der Waals surface area contributed by atoms with E-state index in [9.17, 15) is 13.0 Å². The number of hydrogen-bond donors (Lipinski definition) is 2. The summed E-state index contributed by atoms with van der Waals surface area (Å²) in [6.07, 6.45) is 6.86. The van der Waals surface area contributed by atoms with Gasteiger partial charge in [0, 0.05) is 6.04 Å². The molecule has 0 amide bonds.